The van der Waals surface area contributed by atoms with E-state index in [0.29, 0.717) is 34.1 Å². The molecule has 1 heterocycles. The number of carbonyl (C=O) groups excluding carboxylic acids is 2. The van der Waals surface area contributed by atoms with Crippen LogP contribution < -0.4 is 5.32 Å². The molecule has 0 spiro atoms. The van der Waals surface area contributed by atoms with Gasteiger partial charge in [-0.05, 0) is 60.5 Å². The fourth-order valence-corrected chi connectivity index (χ4v) is 3.41. The number of aromatic hydroxyl groups is 1. The van der Waals surface area contributed by atoms with Gasteiger partial charge in [0.25, 0.3) is 5.91 Å². The first-order valence-electron chi connectivity index (χ1n) is 8.95. The van der Waals surface area contributed by atoms with E-state index >= 15 is 0 Å². The summed E-state index contributed by atoms with van der Waals surface area (Å²) in [7, 11) is 0. The van der Waals surface area contributed by atoms with Crippen LogP contribution in [0.2, 0.25) is 5.02 Å². The molecule has 0 saturated carbocycles. The van der Waals surface area contributed by atoms with Gasteiger partial charge >= 0.3 is 0 Å². The van der Waals surface area contributed by atoms with Crippen molar-refractivity contribution in [3.63, 3.8) is 0 Å². The summed E-state index contributed by atoms with van der Waals surface area (Å²) in [6, 6.07) is 17.1. The first-order valence-corrected chi connectivity index (χ1v) is 10.3. The number of phenols is 1. The highest BCUT2D eigenvalue weighted by Crippen LogP contribution is 2.18. The number of nitrogens with one attached hydrogen (secondary N) is 1. The van der Waals surface area contributed by atoms with Crippen molar-refractivity contribution in [1.29, 1.82) is 0 Å². The standard InChI is InChI=1S/C22H19ClN2O3S/c23-18-6-3-16(4-7-18)20(27)14-29-21-10-5-17(13-25-21)22(28)24-12-11-15-1-8-19(26)9-2-15/h1-10,13,26H,11-12,14H2,(H,24,28). The van der Waals surface area contributed by atoms with E-state index in [4.69, 9.17) is 11.6 Å². The summed E-state index contributed by atoms with van der Waals surface area (Å²) in [4.78, 5) is 28.7. The van der Waals surface area contributed by atoms with Crippen LogP contribution in [0.1, 0.15) is 26.3 Å². The minimum absolute atomic E-state index is 0.00971. The predicted molar refractivity (Wildman–Crippen MR) is 115 cm³/mol. The van der Waals surface area contributed by atoms with E-state index < -0.39 is 0 Å². The number of hydrogen-bond acceptors (Lipinski definition) is 5. The molecule has 2 N–H and O–H groups in total. The zero-order valence-corrected chi connectivity index (χ0v) is 17.0. The molecule has 7 heteroatoms. The first kappa shape index (κ1) is 20.9. The van der Waals surface area contributed by atoms with Gasteiger partial charge in [0.1, 0.15) is 5.75 Å². The average Bonchev–Trinajstić information content (AvgIpc) is 2.74. The molecule has 29 heavy (non-hydrogen) atoms. The van der Waals surface area contributed by atoms with Crippen molar-refractivity contribution in [2.24, 2.45) is 0 Å². The summed E-state index contributed by atoms with van der Waals surface area (Å²) in [6.07, 6.45) is 2.17. The van der Waals surface area contributed by atoms with Gasteiger partial charge in [-0.3, -0.25) is 9.59 Å². The Kier molecular flexibility index (Phi) is 7.27. The Bertz CT molecular complexity index is 974. The van der Waals surface area contributed by atoms with Crippen molar-refractivity contribution < 1.29 is 14.7 Å². The molecule has 3 rings (SSSR count). The highest BCUT2D eigenvalue weighted by Gasteiger charge is 2.09. The van der Waals surface area contributed by atoms with Gasteiger partial charge < -0.3 is 10.4 Å². The minimum Gasteiger partial charge on any atom is -0.508 e. The summed E-state index contributed by atoms with van der Waals surface area (Å²) >= 11 is 7.15. The highest BCUT2D eigenvalue weighted by molar-refractivity contribution is 7.99. The van der Waals surface area contributed by atoms with E-state index in [1.54, 1.807) is 48.5 Å². The van der Waals surface area contributed by atoms with Crippen molar-refractivity contribution in [3.05, 3.63) is 88.6 Å². The summed E-state index contributed by atoms with van der Waals surface area (Å²) in [5, 5.41) is 13.4. The topological polar surface area (TPSA) is 79.3 Å². The molecule has 0 bridgehead atoms. The van der Waals surface area contributed by atoms with Gasteiger partial charge in [0.2, 0.25) is 0 Å². The van der Waals surface area contributed by atoms with Crippen molar-refractivity contribution in [3.8, 4) is 5.75 Å². The molecule has 148 valence electrons. The fraction of sp³-hybridized carbons (Fsp3) is 0.136. The maximum atomic E-state index is 12.2. The first-order chi connectivity index (χ1) is 14.0. The Hall–Kier alpha value is -2.83. The van der Waals surface area contributed by atoms with Crippen molar-refractivity contribution in [1.82, 2.24) is 10.3 Å². The number of halogens is 1. The predicted octanol–water partition coefficient (Wildman–Crippen LogP) is 4.39. The molecule has 2 aromatic carbocycles. The van der Waals surface area contributed by atoms with Gasteiger partial charge in [0.15, 0.2) is 5.78 Å². The Morgan fingerprint density at radius 2 is 1.66 bits per heavy atom. The molecule has 0 radical (unpaired) electrons. The molecule has 0 unspecified atom stereocenters. The van der Waals surface area contributed by atoms with Crippen molar-refractivity contribution >= 4 is 35.1 Å². The largest absolute Gasteiger partial charge is 0.508 e. The van der Waals surface area contributed by atoms with E-state index in [1.807, 2.05) is 12.1 Å². The zero-order chi connectivity index (χ0) is 20.6. The van der Waals surface area contributed by atoms with Gasteiger partial charge in [-0.25, -0.2) is 4.98 Å². The Morgan fingerprint density at radius 1 is 0.966 bits per heavy atom. The maximum absolute atomic E-state index is 12.2. The summed E-state index contributed by atoms with van der Waals surface area (Å²) in [5.41, 5.74) is 2.09. The third kappa shape index (κ3) is 6.34. The molecule has 1 aromatic heterocycles. The van der Waals surface area contributed by atoms with E-state index in [1.165, 1.54) is 18.0 Å². The van der Waals surface area contributed by atoms with Crippen molar-refractivity contribution in [2.75, 3.05) is 12.3 Å². The molecule has 0 atom stereocenters. The van der Waals surface area contributed by atoms with Crippen LogP contribution in [0, 0.1) is 0 Å². The van der Waals surface area contributed by atoms with Gasteiger partial charge in [0.05, 0.1) is 16.3 Å². The normalized spacial score (nSPS) is 10.5. The molecular formula is C22H19ClN2O3S. The monoisotopic (exact) mass is 426 g/mol. The van der Waals surface area contributed by atoms with Crippen LogP contribution in [-0.2, 0) is 6.42 Å². The van der Waals surface area contributed by atoms with Gasteiger partial charge in [-0.2, -0.15) is 0 Å². The molecule has 0 aliphatic heterocycles. The Morgan fingerprint density at radius 3 is 2.31 bits per heavy atom. The number of ketones is 1. The van der Waals surface area contributed by atoms with Crippen LogP contribution in [0.4, 0.5) is 0 Å². The van der Waals surface area contributed by atoms with Crippen LogP contribution in [-0.4, -0.2) is 34.1 Å². The summed E-state index contributed by atoms with van der Waals surface area (Å²) in [6.45, 7) is 0.482. The number of hydrogen-bond donors (Lipinski definition) is 2. The van der Waals surface area contributed by atoms with Crippen LogP contribution in [0.5, 0.6) is 5.75 Å². The fourth-order valence-electron chi connectivity index (χ4n) is 2.54. The molecule has 0 saturated heterocycles. The van der Waals surface area contributed by atoms with Gasteiger partial charge in [-0.1, -0.05) is 35.5 Å². The second-order valence-corrected chi connectivity index (χ2v) is 7.71. The molecule has 0 fully saturated rings. The SMILES string of the molecule is O=C(CSc1ccc(C(=O)NCCc2ccc(O)cc2)cn1)c1ccc(Cl)cc1. The average molecular weight is 427 g/mol. The number of rotatable bonds is 8. The van der Waals surface area contributed by atoms with E-state index in [0.717, 1.165) is 5.56 Å². The van der Waals surface area contributed by atoms with E-state index in [2.05, 4.69) is 10.3 Å². The molecule has 3 aromatic rings. The van der Waals surface area contributed by atoms with E-state index in [-0.39, 0.29) is 23.2 Å². The number of phenolic OH excluding ortho intramolecular Hbond substituents is 1. The molecule has 0 aliphatic carbocycles. The van der Waals surface area contributed by atoms with Crippen LogP contribution in [0.25, 0.3) is 0 Å². The quantitative estimate of drug-likeness (QED) is 0.412. The lowest BCUT2D eigenvalue weighted by Crippen LogP contribution is -2.25. The number of amides is 1. The Balaban J connectivity index is 1.46. The number of carbonyl (C=O) groups is 2. The van der Waals surface area contributed by atoms with Gasteiger partial charge in [-0.15, -0.1) is 0 Å². The van der Waals surface area contributed by atoms with Crippen LogP contribution in [0.15, 0.2) is 71.9 Å². The van der Waals surface area contributed by atoms with Crippen molar-refractivity contribution in [2.45, 2.75) is 11.4 Å². The maximum Gasteiger partial charge on any atom is 0.252 e. The zero-order valence-electron chi connectivity index (χ0n) is 15.5. The lowest BCUT2D eigenvalue weighted by Gasteiger charge is -2.06. The molecular weight excluding hydrogens is 408 g/mol. The number of Topliss-reactive ketones (excluding diaryl/α,β-unsaturated/α-hetero) is 1. The molecule has 1 amide bonds. The number of thioether (sulfide) groups is 1. The lowest BCUT2D eigenvalue weighted by molar-refractivity contribution is 0.0952. The number of pyridine rings is 1. The Labute approximate surface area is 178 Å². The van der Waals surface area contributed by atoms with E-state index in [9.17, 15) is 14.7 Å². The number of benzene rings is 2. The highest BCUT2D eigenvalue weighted by atomic mass is 35.5. The molecule has 5 nitrogen and oxygen atoms in total. The summed E-state index contributed by atoms with van der Waals surface area (Å²) in [5.74, 6) is 0.263. The van der Waals surface area contributed by atoms with Crippen LogP contribution in [0.3, 0.4) is 0 Å². The molecule has 0 aliphatic rings. The van der Waals surface area contributed by atoms with Crippen LogP contribution >= 0.6 is 23.4 Å². The second kappa shape index (κ2) is 10.1. The summed E-state index contributed by atoms with van der Waals surface area (Å²) < 4.78 is 0. The second-order valence-electron chi connectivity index (χ2n) is 6.28. The third-order valence-electron chi connectivity index (χ3n) is 4.15. The number of aromatic nitrogens is 1. The number of nitrogens with zero attached hydrogens (tertiary/aromatic N) is 1. The smallest absolute Gasteiger partial charge is 0.252 e. The lowest BCUT2D eigenvalue weighted by atomic mass is 10.1. The minimum atomic E-state index is -0.204. The van der Waals surface area contributed by atoms with Gasteiger partial charge in [0, 0.05) is 23.3 Å². The third-order valence-corrected chi connectivity index (χ3v) is 5.35.